The normalized spacial score (nSPS) is 31.7. The lowest BCUT2D eigenvalue weighted by Gasteiger charge is -2.58. The molecule has 9 rings (SSSR count). The largest absolute Gasteiger partial charge is 0.384 e. The summed E-state index contributed by atoms with van der Waals surface area (Å²) in [6, 6.07) is 13.5. The van der Waals surface area contributed by atoms with Crippen LogP contribution < -0.4 is 4.18 Å². The number of hydrogen-bond acceptors (Lipinski definition) is 8. The van der Waals surface area contributed by atoms with Crippen molar-refractivity contribution in [2.24, 2.45) is 11.3 Å². The molecule has 4 aromatic rings. The zero-order chi connectivity index (χ0) is 36.4. The molecule has 11 heteroatoms. The lowest BCUT2D eigenvalue weighted by Crippen LogP contribution is -2.65. The summed E-state index contributed by atoms with van der Waals surface area (Å²) < 4.78 is 32.6. The number of nitrogens with zero attached hydrogens (tertiary/aromatic N) is 3. The van der Waals surface area contributed by atoms with Crippen molar-refractivity contribution in [1.82, 2.24) is 19.8 Å². The Morgan fingerprint density at radius 3 is 2.62 bits per heavy atom. The van der Waals surface area contributed by atoms with Crippen molar-refractivity contribution in [3.05, 3.63) is 83.7 Å². The summed E-state index contributed by atoms with van der Waals surface area (Å²) in [5.74, 6) is 0.712. The summed E-state index contributed by atoms with van der Waals surface area (Å²) in [7, 11) is -4.14. The van der Waals surface area contributed by atoms with E-state index in [1.807, 2.05) is 18.3 Å². The van der Waals surface area contributed by atoms with Gasteiger partial charge in [0.1, 0.15) is 10.7 Å². The predicted octanol–water partition coefficient (Wildman–Crippen LogP) is 7.68. The minimum absolute atomic E-state index is 0.0177. The van der Waals surface area contributed by atoms with Crippen molar-refractivity contribution < 1.29 is 22.5 Å². The van der Waals surface area contributed by atoms with Gasteiger partial charge >= 0.3 is 10.1 Å². The maximum Gasteiger partial charge on any atom is 0.339 e. The highest BCUT2D eigenvalue weighted by molar-refractivity contribution is 7.87. The summed E-state index contributed by atoms with van der Waals surface area (Å²) in [6.07, 6.45) is 18.1. The van der Waals surface area contributed by atoms with E-state index in [1.54, 1.807) is 12.1 Å². The minimum Gasteiger partial charge on any atom is -0.384 e. The molecule has 0 radical (unpaired) electrons. The maximum absolute atomic E-state index is 13.4. The Labute approximate surface area is 316 Å². The molecule has 9 nitrogen and oxygen atoms in total. The van der Waals surface area contributed by atoms with E-state index in [-0.39, 0.29) is 34.1 Å². The molecule has 3 fully saturated rings. The lowest BCUT2D eigenvalue weighted by molar-refractivity contribution is -0.120. The Balaban J connectivity index is 1.19. The maximum atomic E-state index is 13.4. The first-order valence-corrected chi connectivity index (χ1v) is 21.1. The number of hydrogen-bond donors (Lipinski definition) is 2. The fourth-order valence-corrected chi connectivity index (χ4v) is 11.8. The fraction of sp³-hybridized carbons (Fsp3) is 0.476. The molecule has 6 heterocycles. The number of piperidine rings is 1. The highest BCUT2D eigenvalue weighted by Gasteiger charge is 2.66. The number of Topliss-reactive ketones (excluding diaryl/α,β-unsaturated/α-hetero) is 1. The molecule has 2 unspecified atom stereocenters. The second-order valence-electron chi connectivity index (χ2n) is 16.0. The zero-order valence-corrected chi connectivity index (χ0v) is 31.5. The molecular weight excluding hydrogens is 708 g/mol. The topological polar surface area (TPSA) is 116 Å². The number of benzene rings is 2. The Bertz CT molecular complexity index is 2230. The molecule has 0 amide bonds. The van der Waals surface area contributed by atoms with Gasteiger partial charge in [0.25, 0.3) is 0 Å². The van der Waals surface area contributed by atoms with Gasteiger partial charge in [0, 0.05) is 58.9 Å². The third-order valence-electron chi connectivity index (χ3n) is 12.9. The first-order chi connectivity index (χ1) is 25.7. The second kappa shape index (κ2) is 13.6. The second-order valence-corrected chi connectivity index (χ2v) is 18.0. The monoisotopic (exact) mass is 754 g/mol. The highest BCUT2D eigenvalue weighted by Crippen LogP contribution is 2.62. The van der Waals surface area contributed by atoms with Crippen LogP contribution in [-0.2, 0) is 14.9 Å². The van der Waals surface area contributed by atoms with Crippen LogP contribution >= 0.6 is 11.6 Å². The van der Waals surface area contributed by atoms with Crippen molar-refractivity contribution >= 4 is 54.9 Å². The first-order valence-electron chi connectivity index (χ1n) is 19.3. The number of H-pyrrole nitrogens is 1. The standard InChI is InChI=1S/C42H47ClN4O5S/c43-28-12-16-31(17-13-28)53(50,51)52-36-11-7-10-32-33-18-21-44-38(39(33)45-37(32)36)34-26-42(49)20-5-3-1-2-4-6-22-46-24-19-35(34)41(27-46)25-29-14-15-30(48)9-8-23-47(29)40(41)42/h1,3,7,10-13,16-18,21,26,29,35,40,45,49H,2,4-6,8-9,14-15,19-20,22-25,27H2/b3-1-/t29-,35?,40+,41-,42-/m0/s1. The third kappa shape index (κ3) is 6.15. The number of aromatic nitrogens is 2. The van der Waals surface area contributed by atoms with E-state index in [2.05, 4.69) is 33.0 Å². The van der Waals surface area contributed by atoms with Crippen LogP contribution in [0.5, 0.6) is 5.75 Å². The molecule has 2 aromatic carbocycles. The number of halogens is 1. The molecule has 4 aliphatic heterocycles. The van der Waals surface area contributed by atoms with Crippen LogP contribution in [0.3, 0.4) is 0 Å². The molecule has 1 aliphatic carbocycles. The quantitative estimate of drug-likeness (QED) is 0.161. The fourth-order valence-electron chi connectivity index (χ4n) is 10.7. The van der Waals surface area contributed by atoms with E-state index in [4.69, 9.17) is 20.8 Å². The number of aliphatic hydroxyl groups is 1. The highest BCUT2D eigenvalue weighted by atomic mass is 35.5. The zero-order valence-electron chi connectivity index (χ0n) is 30.0. The van der Waals surface area contributed by atoms with Gasteiger partial charge in [-0.1, -0.05) is 35.9 Å². The van der Waals surface area contributed by atoms with Gasteiger partial charge in [0.15, 0.2) is 5.75 Å². The number of ketones is 1. The van der Waals surface area contributed by atoms with Gasteiger partial charge in [-0.05, 0) is 131 Å². The van der Waals surface area contributed by atoms with Crippen LogP contribution in [-0.4, -0.2) is 82.9 Å². The minimum atomic E-state index is -4.14. The van der Waals surface area contributed by atoms with Crippen molar-refractivity contribution in [2.75, 3.05) is 26.2 Å². The number of para-hydroxylation sites is 1. The Kier molecular flexibility index (Phi) is 9.05. The summed E-state index contributed by atoms with van der Waals surface area (Å²) in [6.45, 7) is 3.78. The van der Waals surface area contributed by atoms with E-state index in [0.717, 1.165) is 105 Å². The summed E-state index contributed by atoms with van der Waals surface area (Å²) >= 11 is 6.03. The number of allylic oxidation sites excluding steroid dienone is 3. The molecule has 1 spiro atoms. The average molecular weight is 755 g/mol. The molecular formula is C42H47ClN4O5S. The molecule has 3 saturated heterocycles. The molecule has 53 heavy (non-hydrogen) atoms. The predicted molar refractivity (Wildman–Crippen MR) is 207 cm³/mol. The van der Waals surface area contributed by atoms with E-state index in [0.29, 0.717) is 35.6 Å². The smallest absolute Gasteiger partial charge is 0.339 e. The van der Waals surface area contributed by atoms with Crippen LogP contribution in [0.15, 0.2) is 77.9 Å². The molecule has 2 N–H and O–H groups in total. The van der Waals surface area contributed by atoms with Gasteiger partial charge in [-0.3, -0.25) is 14.7 Å². The van der Waals surface area contributed by atoms with Crippen LogP contribution in [0.4, 0.5) is 0 Å². The van der Waals surface area contributed by atoms with Crippen molar-refractivity contribution in [3.63, 3.8) is 0 Å². The number of carbonyl (C=O) groups is 1. The number of pyridine rings is 1. The number of nitrogens with one attached hydrogen (secondary N) is 1. The lowest BCUT2D eigenvalue weighted by atomic mass is 9.54. The Morgan fingerprint density at radius 1 is 0.925 bits per heavy atom. The molecule has 278 valence electrons. The van der Waals surface area contributed by atoms with Crippen molar-refractivity contribution in [3.8, 4) is 5.75 Å². The number of aromatic amines is 1. The summed E-state index contributed by atoms with van der Waals surface area (Å²) in [5, 5.41) is 15.5. The molecule has 3 bridgehead atoms. The molecule has 6 atom stereocenters. The van der Waals surface area contributed by atoms with E-state index >= 15 is 0 Å². The van der Waals surface area contributed by atoms with Crippen LogP contribution in [0, 0.1) is 11.3 Å². The van der Waals surface area contributed by atoms with Crippen LogP contribution in [0.1, 0.15) is 76.3 Å². The molecule has 5 aliphatic rings. The molecule has 2 aromatic heterocycles. The Hall–Kier alpha value is -3.54. The van der Waals surface area contributed by atoms with Gasteiger partial charge in [-0.25, -0.2) is 0 Å². The number of fused-ring (bicyclic) bond motifs is 5. The van der Waals surface area contributed by atoms with E-state index in [1.165, 1.54) is 24.3 Å². The van der Waals surface area contributed by atoms with Gasteiger partial charge in [0.05, 0.1) is 22.3 Å². The van der Waals surface area contributed by atoms with Crippen molar-refractivity contribution in [2.45, 2.75) is 93.2 Å². The molecule has 0 saturated carbocycles. The van der Waals surface area contributed by atoms with Gasteiger partial charge in [-0.15, -0.1) is 0 Å². The van der Waals surface area contributed by atoms with E-state index in [9.17, 15) is 18.3 Å². The SMILES string of the molecule is O=C1CCCN2[C@@H](CC1)C[C@]13CN4CCCC/C=C\CC[C@](O)(C=C(c5nccc6c5[nH]c5c(OS(=O)(=O)c7ccc(Cl)cc7)cccc56)C1CC4)[C@H]23. The van der Waals surface area contributed by atoms with Gasteiger partial charge in [0.2, 0.25) is 0 Å². The average Bonchev–Trinajstić information content (AvgIpc) is 3.67. The van der Waals surface area contributed by atoms with E-state index < -0.39 is 15.7 Å². The van der Waals surface area contributed by atoms with Crippen LogP contribution in [0.2, 0.25) is 5.02 Å². The Morgan fingerprint density at radius 2 is 1.75 bits per heavy atom. The van der Waals surface area contributed by atoms with Gasteiger partial charge in [-0.2, -0.15) is 8.42 Å². The first kappa shape index (κ1) is 35.2. The third-order valence-corrected chi connectivity index (χ3v) is 14.4. The summed E-state index contributed by atoms with van der Waals surface area (Å²) in [4.78, 5) is 26.7. The van der Waals surface area contributed by atoms with Crippen molar-refractivity contribution in [1.29, 1.82) is 0 Å². The van der Waals surface area contributed by atoms with Gasteiger partial charge < -0.3 is 19.2 Å². The number of carbonyl (C=O) groups excluding carboxylic acids is 1. The van der Waals surface area contributed by atoms with Crippen LogP contribution in [0.25, 0.3) is 27.4 Å². The summed E-state index contributed by atoms with van der Waals surface area (Å²) in [5.41, 5.74) is 1.92. The number of rotatable bonds is 4.